The molecule has 0 saturated heterocycles. The van der Waals surface area contributed by atoms with Gasteiger partial charge in [0.05, 0.1) is 5.75 Å². The lowest BCUT2D eigenvalue weighted by Gasteiger charge is -1.94. The number of esters is 1. The predicted molar refractivity (Wildman–Crippen MR) is 57.3 cm³/mol. The normalized spacial score (nSPS) is 11.1. The Morgan fingerprint density at radius 3 is 2.59 bits per heavy atom. The Balaban J connectivity index is 2.92. The van der Waals surface area contributed by atoms with Crippen molar-refractivity contribution in [3.63, 3.8) is 0 Å². The number of amides is 1. The molecule has 0 fully saturated rings. The molecule has 0 aliphatic carbocycles. The summed E-state index contributed by atoms with van der Waals surface area (Å²) in [4.78, 5) is 21.4. The predicted octanol–water partition coefficient (Wildman–Crippen LogP) is -0.0427. The average molecular weight is 279 g/mol. The van der Waals surface area contributed by atoms with Crippen molar-refractivity contribution in [3.05, 3.63) is 5.01 Å². The molecule has 2 N–H and O–H groups in total. The first kappa shape index (κ1) is 13.5. The van der Waals surface area contributed by atoms with E-state index >= 15 is 0 Å². The number of nitrogens with zero attached hydrogens (tertiary/aromatic N) is 2. The Bertz CT molecular complexity index is 535. The van der Waals surface area contributed by atoms with Gasteiger partial charge in [0.2, 0.25) is 19.2 Å². The van der Waals surface area contributed by atoms with Crippen LogP contribution in [0, 0.1) is 0 Å². The molecule has 1 amide bonds. The molecule has 1 rings (SSSR count). The molecule has 0 aliphatic rings. The molecule has 0 bridgehead atoms. The summed E-state index contributed by atoms with van der Waals surface area (Å²) in [6, 6.07) is 0. The molecule has 1 aromatic rings. The first-order chi connectivity index (χ1) is 7.86. The van der Waals surface area contributed by atoms with Crippen LogP contribution in [-0.2, 0) is 14.6 Å². The van der Waals surface area contributed by atoms with E-state index < -0.39 is 21.9 Å². The van der Waals surface area contributed by atoms with Crippen LogP contribution in [-0.4, -0.2) is 36.4 Å². The number of sulfone groups is 1. The van der Waals surface area contributed by atoms with Crippen LogP contribution < -0.4 is 5.73 Å². The van der Waals surface area contributed by atoms with Crippen molar-refractivity contribution < 1.29 is 22.7 Å². The lowest BCUT2D eigenvalue weighted by Crippen LogP contribution is -2.18. The number of ether oxygens (including phenoxy) is 1. The third-order valence-corrected chi connectivity index (χ3v) is 4.78. The number of carbonyl (C=O) groups is 2. The van der Waals surface area contributed by atoms with E-state index in [9.17, 15) is 18.0 Å². The standard InChI is InChI=1S/C7H9N3O5S2/c1-2-3-17(13,14)7-10-9-4(16-7)5(11)15-6(8)12/h2-3H2,1H3,(H2,8,12). The Kier molecular flexibility index (Phi) is 4.12. The fraction of sp³-hybridized carbons (Fsp3) is 0.429. The topological polar surface area (TPSA) is 129 Å². The quantitative estimate of drug-likeness (QED) is 0.604. The van der Waals surface area contributed by atoms with Crippen LogP contribution in [0.25, 0.3) is 0 Å². The minimum atomic E-state index is -3.53. The summed E-state index contributed by atoms with van der Waals surface area (Å²) in [6.07, 6.45) is -0.869. The number of carbonyl (C=O) groups excluding carboxylic acids is 2. The van der Waals surface area contributed by atoms with E-state index in [1.54, 1.807) is 6.92 Å². The highest BCUT2D eigenvalue weighted by Gasteiger charge is 2.23. The van der Waals surface area contributed by atoms with Crippen LogP contribution in [0.2, 0.25) is 0 Å². The van der Waals surface area contributed by atoms with Gasteiger partial charge in [0.15, 0.2) is 0 Å². The van der Waals surface area contributed by atoms with E-state index in [1.807, 2.05) is 0 Å². The molecule has 1 heterocycles. The van der Waals surface area contributed by atoms with Gasteiger partial charge >= 0.3 is 12.1 Å². The molecule has 0 saturated carbocycles. The zero-order valence-electron chi connectivity index (χ0n) is 8.74. The van der Waals surface area contributed by atoms with Crippen LogP contribution in [0.5, 0.6) is 0 Å². The first-order valence-corrected chi connectivity index (χ1v) is 6.91. The third-order valence-electron chi connectivity index (χ3n) is 1.51. The van der Waals surface area contributed by atoms with Gasteiger partial charge in [-0.1, -0.05) is 18.3 Å². The smallest absolute Gasteiger partial charge is 0.371 e. The van der Waals surface area contributed by atoms with E-state index in [0.717, 1.165) is 0 Å². The molecule has 0 radical (unpaired) electrons. The molecule has 0 aromatic carbocycles. The summed E-state index contributed by atoms with van der Waals surface area (Å²) < 4.78 is 26.9. The number of aromatic nitrogens is 2. The van der Waals surface area contributed by atoms with E-state index in [2.05, 4.69) is 20.7 Å². The lowest BCUT2D eigenvalue weighted by molar-refractivity contribution is 0.0637. The summed E-state index contributed by atoms with van der Waals surface area (Å²) >= 11 is 0.537. The second-order valence-electron chi connectivity index (χ2n) is 2.90. The molecule has 8 nitrogen and oxygen atoms in total. The second kappa shape index (κ2) is 5.19. The van der Waals surface area contributed by atoms with Gasteiger partial charge in [0.25, 0.3) is 0 Å². The number of hydrogen-bond donors (Lipinski definition) is 1. The van der Waals surface area contributed by atoms with Crippen molar-refractivity contribution in [1.29, 1.82) is 0 Å². The minimum absolute atomic E-state index is 0.0908. The largest absolute Gasteiger partial charge is 0.412 e. The Labute approximate surface area is 101 Å². The monoisotopic (exact) mass is 279 g/mol. The van der Waals surface area contributed by atoms with Gasteiger partial charge < -0.3 is 10.5 Å². The van der Waals surface area contributed by atoms with Crippen molar-refractivity contribution in [3.8, 4) is 0 Å². The summed E-state index contributed by atoms with van der Waals surface area (Å²) in [7, 11) is -3.53. The van der Waals surface area contributed by atoms with E-state index in [-0.39, 0.29) is 15.1 Å². The first-order valence-electron chi connectivity index (χ1n) is 4.44. The summed E-state index contributed by atoms with van der Waals surface area (Å²) in [6.45, 7) is 1.70. The number of nitrogens with two attached hydrogens (primary N) is 1. The average Bonchev–Trinajstić information content (AvgIpc) is 2.65. The van der Waals surface area contributed by atoms with Gasteiger partial charge in [0, 0.05) is 0 Å². The Hall–Kier alpha value is -1.55. The fourth-order valence-corrected chi connectivity index (χ4v) is 3.23. The molecule has 0 unspecified atom stereocenters. The lowest BCUT2D eigenvalue weighted by atomic mass is 10.6. The molecule has 0 spiro atoms. The van der Waals surface area contributed by atoms with Gasteiger partial charge in [-0.05, 0) is 6.42 Å². The van der Waals surface area contributed by atoms with Gasteiger partial charge in [-0.3, -0.25) is 0 Å². The van der Waals surface area contributed by atoms with Crippen molar-refractivity contribution in [2.45, 2.75) is 17.7 Å². The number of hydrogen-bond acceptors (Lipinski definition) is 8. The summed E-state index contributed by atoms with van der Waals surface area (Å²) in [5, 5.41) is 6.35. The molecule has 1 aromatic heterocycles. The molecule has 0 atom stereocenters. The molecular formula is C7H9N3O5S2. The van der Waals surface area contributed by atoms with Crippen LogP contribution in [0.1, 0.15) is 23.1 Å². The van der Waals surface area contributed by atoms with Crippen molar-refractivity contribution in [2.24, 2.45) is 5.73 Å². The van der Waals surface area contributed by atoms with Crippen LogP contribution in [0.15, 0.2) is 4.34 Å². The maximum atomic E-state index is 11.6. The maximum Gasteiger partial charge on any atom is 0.412 e. The molecular weight excluding hydrogens is 270 g/mol. The van der Waals surface area contributed by atoms with Gasteiger partial charge in [0.1, 0.15) is 0 Å². The van der Waals surface area contributed by atoms with Gasteiger partial charge in [-0.15, -0.1) is 10.2 Å². The highest BCUT2D eigenvalue weighted by molar-refractivity contribution is 7.93. The van der Waals surface area contributed by atoms with Crippen molar-refractivity contribution >= 4 is 33.2 Å². The second-order valence-corrected chi connectivity index (χ2v) is 6.16. The van der Waals surface area contributed by atoms with Gasteiger partial charge in [-0.2, -0.15) is 0 Å². The van der Waals surface area contributed by atoms with Crippen LogP contribution in [0.3, 0.4) is 0 Å². The molecule has 17 heavy (non-hydrogen) atoms. The van der Waals surface area contributed by atoms with Crippen LogP contribution in [0.4, 0.5) is 4.79 Å². The van der Waals surface area contributed by atoms with Crippen molar-refractivity contribution in [2.75, 3.05) is 5.75 Å². The summed E-state index contributed by atoms with van der Waals surface area (Å²) in [5.41, 5.74) is 4.63. The van der Waals surface area contributed by atoms with Crippen LogP contribution >= 0.6 is 11.3 Å². The highest BCUT2D eigenvalue weighted by atomic mass is 32.2. The highest BCUT2D eigenvalue weighted by Crippen LogP contribution is 2.18. The molecule has 0 aliphatic heterocycles. The number of primary amides is 1. The van der Waals surface area contributed by atoms with Gasteiger partial charge in [-0.25, -0.2) is 18.0 Å². The maximum absolute atomic E-state index is 11.6. The number of rotatable bonds is 4. The van der Waals surface area contributed by atoms with Crippen molar-refractivity contribution in [1.82, 2.24) is 10.2 Å². The molecule has 10 heteroatoms. The van der Waals surface area contributed by atoms with E-state index in [0.29, 0.717) is 17.8 Å². The fourth-order valence-electron chi connectivity index (χ4n) is 0.909. The third kappa shape index (κ3) is 3.46. The minimum Gasteiger partial charge on any atom is -0.371 e. The molecule has 94 valence electrons. The zero-order chi connectivity index (χ0) is 13.1. The van der Waals surface area contributed by atoms with E-state index in [4.69, 9.17) is 0 Å². The Morgan fingerprint density at radius 1 is 1.41 bits per heavy atom. The SMILES string of the molecule is CCCS(=O)(=O)c1nnc(C(=O)OC(N)=O)s1. The zero-order valence-corrected chi connectivity index (χ0v) is 10.4. The van der Waals surface area contributed by atoms with E-state index in [1.165, 1.54) is 0 Å². The summed E-state index contributed by atoms with van der Waals surface area (Å²) in [5.74, 6) is -1.21. The Morgan fingerprint density at radius 2 is 2.06 bits per heavy atom.